The van der Waals surface area contributed by atoms with Crippen LogP contribution in [0.1, 0.15) is 47.8 Å². The first-order valence-electron chi connectivity index (χ1n) is 10.4. The smallest absolute Gasteiger partial charge is 0.419 e. The number of aromatic nitrogens is 2. The molecule has 0 spiro atoms. The van der Waals surface area contributed by atoms with Crippen molar-refractivity contribution in [1.82, 2.24) is 15.1 Å². The van der Waals surface area contributed by atoms with Gasteiger partial charge in [0.2, 0.25) is 0 Å². The molecule has 7 nitrogen and oxygen atoms in total. The van der Waals surface area contributed by atoms with Gasteiger partial charge in [0, 0.05) is 5.56 Å². The molecular formula is C23H21F5N4O3. The average Bonchev–Trinajstić information content (AvgIpc) is 3.13. The zero-order valence-corrected chi connectivity index (χ0v) is 18.5. The standard InChI is InChI=1S/C23H21F5N4O3/c1-21(2)10-22(35,23(26,27)28)18(13-7-8-15(25)17(33)16(13)21)31-20(34)14-9-30-32(19(14)29)12-5-3-11(24)4-6-12/h3-9,18,33,35H,10,29H2,1-2H3,(H,31,34). The number of phenols is 1. The van der Waals surface area contributed by atoms with Crippen molar-refractivity contribution in [2.45, 2.75) is 43.5 Å². The number of halogens is 5. The number of hydrogen-bond donors (Lipinski definition) is 4. The lowest BCUT2D eigenvalue weighted by molar-refractivity contribution is -0.280. The predicted molar refractivity (Wildman–Crippen MR) is 115 cm³/mol. The minimum absolute atomic E-state index is 0.160. The molecule has 0 saturated heterocycles. The van der Waals surface area contributed by atoms with E-state index < -0.39 is 52.9 Å². The molecule has 0 aliphatic heterocycles. The van der Waals surface area contributed by atoms with Gasteiger partial charge >= 0.3 is 6.18 Å². The molecular weight excluding hydrogens is 475 g/mol. The van der Waals surface area contributed by atoms with E-state index >= 15 is 0 Å². The lowest BCUT2D eigenvalue weighted by Gasteiger charge is -2.48. The molecule has 0 fully saturated rings. The topological polar surface area (TPSA) is 113 Å². The van der Waals surface area contributed by atoms with Gasteiger partial charge in [0.15, 0.2) is 17.2 Å². The van der Waals surface area contributed by atoms with Crippen LogP contribution < -0.4 is 11.1 Å². The largest absolute Gasteiger partial charge is 0.505 e. The van der Waals surface area contributed by atoms with E-state index in [4.69, 9.17) is 5.73 Å². The van der Waals surface area contributed by atoms with Crippen LogP contribution in [0.25, 0.3) is 5.69 Å². The highest BCUT2D eigenvalue weighted by molar-refractivity contribution is 5.98. The Morgan fingerprint density at radius 1 is 1.17 bits per heavy atom. The quantitative estimate of drug-likeness (QED) is 0.411. The fourth-order valence-electron chi connectivity index (χ4n) is 4.65. The van der Waals surface area contributed by atoms with Gasteiger partial charge in [-0.2, -0.15) is 18.3 Å². The number of amides is 1. The van der Waals surface area contributed by atoms with Crippen LogP contribution in [0.2, 0.25) is 0 Å². The predicted octanol–water partition coefficient (Wildman–Crippen LogP) is 3.88. The van der Waals surface area contributed by atoms with Crippen LogP contribution in [0, 0.1) is 11.6 Å². The van der Waals surface area contributed by atoms with E-state index in [1.807, 2.05) is 0 Å². The molecule has 12 heteroatoms. The first kappa shape index (κ1) is 24.5. The summed E-state index contributed by atoms with van der Waals surface area (Å²) in [6.45, 7) is 2.65. The maximum Gasteiger partial charge on any atom is 0.419 e. The number of nitrogens with two attached hydrogens (primary N) is 1. The van der Waals surface area contributed by atoms with Crippen molar-refractivity contribution in [3.8, 4) is 11.4 Å². The molecule has 1 amide bonds. The lowest BCUT2D eigenvalue weighted by Crippen LogP contribution is -2.60. The average molecular weight is 496 g/mol. The summed E-state index contributed by atoms with van der Waals surface area (Å²) in [6.07, 6.45) is -5.16. The number of anilines is 1. The number of aromatic hydroxyl groups is 1. The van der Waals surface area contributed by atoms with Crippen molar-refractivity contribution in [2.24, 2.45) is 0 Å². The van der Waals surface area contributed by atoms with E-state index in [1.165, 1.54) is 26.0 Å². The van der Waals surface area contributed by atoms with Crippen LogP contribution in [0.15, 0.2) is 42.6 Å². The minimum Gasteiger partial charge on any atom is -0.505 e. The van der Waals surface area contributed by atoms with E-state index in [2.05, 4.69) is 10.4 Å². The number of rotatable bonds is 3. The molecule has 1 heterocycles. The zero-order chi connectivity index (χ0) is 25.9. The molecule has 2 unspecified atom stereocenters. The Kier molecular flexibility index (Phi) is 5.55. The normalized spacial score (nSPS) is 21.4. The Hall–Kier alpha value is -3.67. The number of nitrogen functional groups attached to an aromatic ring is 1. The van der Waals surface area contributed by atoms with Crippen LogP contribution >= 0.6 is 0 Å². The van der Waals surface area contributed by atoms with E-state index in [9.17, 15) is 37.0 Å². The fourth-order valence-corrected chi connectivity index (χ4v) is 4.65. The van der Waals surface area contributed by atoms with Crippen LogP contribution in [0.5, 0.6) is 5.75 Å². The Labute approximate surface area is 196 Å². The summed E-state index contributed by atoms with van der Waals surface area (Å²) >= 11 is 0. The van der Waals surface area contributed by atoms with Crippen molar-refractivity contribution in [1.29, 1.82) is 0 Å². The molecule has 1 aliphatic carbocycles. The lowest BCUT2D eigenvalue weighted by atomic mass is 9.63. The molecule has 3 aromatic rings. The van der Waals surface area contributed by atoms with Crippen molar-refractivity contribution in [3.05, 3.63) is 70.9 Å². The summed E-state index contributed by atoms with van der Waals surface area (Å²) in [5.74, 6) is -3.78. The highest BCUT2D eigenvalue weighted by Gasteiger charge is 2.64. The fraction of sp³-hybridized carbons (Fsp3) is 0.304. The van der Waals surface area contributed by atoms with Crippen molar-refractivity contribution >= 4 is 11.7 Å². The molecule has 2 aromatic carbocycles. The molecule has 1 aromatic heterocycles. The van der Waals surface area contributed by atoms with E-state index in [1.54, 1.807) is 0 Å². The second-order valence-corrected chi connectivity index (χ2v) is 9.08. The molecule has 186 valence electrons. The van der Waals surface area contributed by atoms with Crippen LogP contribution in [0.4, 0.5) is 27.8 Å². The van der Waals surface area contributed by atoms with Gasteiger partial charge in [-0.25, -0.2) is 13.5 Å². The van der Waals surface area contributed by atoms with Gasteiger partial charge in [-0.05, 0) is 47.7 Å². The molecule has 0 bridgehead atoms. The summed E-state index contributed by atoms with van der Waals surface area (Å²) in [5.41, 5.74) is 0.561. The first-order chi connectivity index (χ1) is 16.2. The van der Waals surface area contributed by atoms with Gasteiger partial charge in [-0.1, -0.05) is 19.9 Å². The van der Waals surface area contributed by atoms with Crippen LogP contribution in [-0.2, 0) is 5.41 Å². The third-order valence-corrected chi connectivity index (χ3v) is 6.23. The van der Waals surface area contributed by atoms with Gasteiger partial charge < -0.3 is 21.3 Å². The van der Waals surface area contributed by atoms with Gasteiger partial charge in [0.05, 0.1) is 17.9 Å². The van der Waals surface area contributed by atoms with Gasteiger partial charge in [0.1, 0.15) is 17.2 Å². The number of carbonyl (C=O) groups excluding carboxylic acids is 1. The van der Waals surface area contributed by atoms with Gasteiger partial charge in [-0.15, -0.1) is 0 Å². The zero-order valence-electron chi connectivity index (χ0n) is 18.5. The third kappa shape index (κ3) is 3.87. The SMILES string of the molecule is CC1(C)CC(O)(C(F)(F)F)C(NC(=O)c2cnn(-c3ccc(F)cc3)c2N)c2ccc(F)c(O)c21. The number of nitrogens with zero attached hydrogens (tertiary/aromatic N) is 2. The molecule has 1 aliphatic rings. The molecule has 35 heavy (non-hydrogen) atoms. The Morgan fingerprint density at radius 3 is 2.40 bits per heavy atom. The minimum atomic E-state index is -5.20. The second kappa shape index (κ2) is 7.94. The van der Waals surface area contributed by atoms with Crippen molar-refractivity contribution in [3.63, 3.8) is 0 Å². The van der Waals surface area contributed by atoms with Crippen LogP contribution in [0.3, 0.4) is 0 Å². The first-order valence-corrected chi connectivity index (χ1v) is 10.4. The van der Waals surface area contributed by atoms with Crippen molar-refractivity contribution in [2.75, 3.05) is 5.73 Å². The summed E-state index contributed by atoms with van der Waals surface area (Å²) in [7, 11) is 0. The number of carbonyl (C=O) groups is 1. The molecule has 5 N–H and O–H groups in total. The van der Waals surface area contributed by atoms with E-state index in [-0.39, 0.29) is 22.5 Å². The molecule has 4 rings (SSSR count). The number of fused-ring (bicyclic) bond motifs is 1. The molecule has 0 radical (unpaired) electrons. The summed E-state index contributed by atoms with van der Waals surface area (Å²) in [6, 6.07) is 4.57. The second-order valence-electron chi connectivity index (χ2n) is 9.08. The number of benzene rings is 2. The summed E-state index contributed by atoms with van der Waals surface area (Å²) < 4.78 is 70.9. The summed E-state index contributed by atoms with van der Waals surface area (Å²) in [4.78, 5) is 13.1. The Balaban J connectivity index is 1.79. The Bertz CT molecular complexity index is 1300. The summed E-state index contributed by atoms with van der Waals surface area (Å²) in [5, 5.41) is 27.3. The Morgan fingerprint density at radius 2 is 1.80 bits per heavy atom. The number of nitrogens with one attached hydrogen (secondary N) is 1. The highest BCUT2D eigenvalue weighted by atomic mass is 19.4. The number of hydrogen-bond acceptors (Lipinski definition) is 5. The third-order valence-electron chi connectivity index (χ3n) is 6.23. The highest BCUT2D eigenvalue weighted by Crippen LogP contribution is 2.55. The maximum absolute atomic E-state index is 14.2. The number of aliphatic hydroxyl groups is 1. The number of alkyl halides is 3. The monoisotopic (exact) mass is 496 g/mol. The van der Waals surface area contributed by atoms with E-state index in [0.717, 1.165) is 35.1 Å². The molecule has 2 atom stereocenters. The van der Waals surface area contributed by atoms with Crippen LogP contribution in [-0.4, -0.2) is 37.7 Å². The van der Waals surface area contributed by atoms with Gasteiger partial charge in [-0.3, -0.25) is 4.79 Å². The van der Waals surface area contributed by atoms with Crippen molar-refractivity contribution < 1.29 is 37.0 Å². The molecule has 0 saturated carbocycles. The van der Waals surface area contributed by atoms with Gasteiger partial charge in [0.25, 0.3) is 5.91 Å². The maximum atomic E-state index is 14.2. The number of phenolic OH excluding ortho intramolecular Hbond substituents is 1. The van der Waals surface area contributed by atoms with E-state index in [0.29, 0.717) is 5.69 Å².